The summed E-state index contributed by atoms with van der Waals surface area (Å²) in [5.74, 6) is -3.32. The highest BCUT2D eigenvalue weighted by Crippen LogP contribution is 2.33. The second kappa shape index (κ2) is 6.64. The van der Waals surface area contributed by atoms with E-state index in [-0.39, 0.29) is 17.9 Å². The van der Waals surface area contributed by atoms with Crippen molar-refractivity contribution in [1.29, 1.82) is 0 Å². The Balaban J connectivity index is 3.28. The lowest BCUT2D eigenvalue weighted by molar-refractivity contribution is -0.387. The number of ether oxygens (including phenoxy) is 1. The van der Waals surface area contributed by atoms with E-state index in [0.717, 1.165) is 13.0 Å². The Bertz CT molecular complexity index is 589. The first-order chi connectivity index (χ1) is 9.76. The lowest BCUT2D eigenvalue weighted by Gasteiger charge is -2.16. The number of amides is 1. The zero-order valence-electron chi connectivity index (χ0n) is 11.3. The summed E-state index contributed by atoms with van der Waals surface area (Å²) in [5, 5.41) is 21.8. The van der Waals surface area contributed by atoms with Crippen molar-refractivity contribution in [3.8, 4) is 5.75 Å². The Hall–Kier alpha value is -2.71. The Morgan fingerprint density at radius 3 is 2.57 bits per heavy atom. The van der Waals surface area contributed by atoms with Crippen molar-refractivity contribution in [3.05, 3.63) is 28.1 Å². The van der Waals surface area contributed by atoms with E-state index in [4.69, 9.17) is 9.84 Å². The molecular weight excluding hydrogens is 287 g/mol. The number of carbonyl (C=O) groups excluding carboxylic acids is 1. The van der Waals surface area contributed by atoms with Crippen molar-refractivity contribution >= 4 is 23.3 Å². The number of nitro benzene ring substituents is 1. The van der Waals surface area contributed by atoms with Crippen LogP contribution in [0.5, 0.6) is 5.75 Å². The highest BCUT2D eigenvalue weighted by molar-refractivity contribution is 5.91. The molecule has 8 nitrogen and oxygen atoms in total. The molecule has 0 aromatic heterocycles. The molecule has 2 N–H and O–H groups in total. The van der Waals surface area contributed by atoms with Gasteiger partial charge < -0.3 is 15.2 Å². The average molecular weight is 300 g/mol. The van der Waals surface area contributed by atoms with Crippen molar-refractivity contribution in [1.82, 2.24) is 0 Å². The molecule has 0 spiro atoms. The number of hydrogen-bond acceptors (Lipinski definition) is 5. The molecule has 1 atom stereocenters. The molecule has 1 aromatic rings. The van der Waals surface area contributed by atoms with E-state index < -0.39 is 34.4 Å². The molecule has 0 aliphatic carbocycles. The molecule has 0 saturated carbocycles. The molecule has 0 fully saturated rings. The molecule has 0 heterocycles. The molecule has 0 aliphatic rings. The van der Waals surface area contributed by atoms with E-state index in [1.807, 2.05) is 0 Å². The third-order valence-corrected chi connectivity index (χ3v) is 2.47. The maximum atomic E-state index is 13.6. The van der Waals surface area contributed by atoms with Crippen LogP contribution in [0.25, 0.3) is 0 Å². The SMILES string of the molecule is CCC(Oc1cc(F)c([N+](=O)[O-])cc1NC(C)=O)C(=O)O. The summed E-state index contributed by atoms with van der Waals surface area (Å²) in [4.78, 5) is 31.7. The molecule has 0 aliphatic heterocycles. The number of rotatable bonds is 6. The average Bonchev–Trinajstić information content (AvgIpc) is 2.37. The van der Waals surface area contributed by atoms with Gasteiger partial charge in [-0.25, -0.2) is 4.79 Å². The normalized spacial score (nSPS) is 11.6. The van der Waals surface area contributed by atoms with Crippen LogP contribution >= 0.6 is 0 Å². The Morgan fingerprint density at radius 1 is 1.52 bits per heavy atom. The first kappa shape index (κ1) is 16.3. The van der Waals surface area contributed by atoms with Crippen molar-refractivity contribution < 1.29 is 28.7 Å². The number of nitro groups is 1. The Labute approximate surface area is 118 Å². The van der Waals surface area contributed by atoms with E-state index >= 15 is 0 Å². The van der Waals surface area contributed by atoms with E-state index in [0.29, 0.717) is 6.07 Å². The molecule has 0 radical (unpaired) electrons. The van der Waals surface area contributed by atoms with Gasteiger partial charge in [-0.15, -0.1) is 0 Å². The van der Waals surface area contributed by atoms with Crippen molar-refractivity contribution in [3.63, 3.8) is 0 Å². The number of carbonyl (C=O) groups is 2. The van der Waals surface area contributed by atoms with Crippen molar-refractivity contribution in [2.75, 3.05) is 5.32 Å². The van der Waals surface area contributed by atoms with E-state index in [1.165, 1.54) is 0 Å². The van der Waals surface area contributed by atoms with E-state index in [9.17, 15) is 24.1 Å². The first-order valence-electron chi connectivity index (χ1n) is 5.91. The molecule has 1 amide bonds. The fourth-order valence-corrected chi connectivity index (χ4v) is 1.53. The topological polar surface area (TPSA) is 119 Å². The number of nitrogens with one attached hydrogen (secondary N) is 1. The summed E-state index contributed by atoms with van der Waals surface area (Å²) in [6, 6.07) is 1.45. The van der Waals surface area contributed by atoms with Gasteiger partial charge in [-0.1, -0.05) is 6.92 Å². The number of aliphatic carboxylic acids is 1. The lowest BCUT2D eigenvalue weighted by Crippen LogP contribution is -2.26. The Kier molecular flexibility index (Phi) is 5.17. The molecule has 1 aromatic carbocycles. The molecule has 114 valence electrons. The maximum absolute atomic E-state index is 13.6. The van der Waals surface area contributed by atoms with Crippen LogP contribution < -0.4 is 10.1 Å². The van der Waals surface area contributed by atoms with Crippen LogP contribution in [0.2, 0.25) is 0 Å². The summed E-state index contributed by atoms with van der Waals surface area (Å²) in [7, 11) is 0. The number of nitrogens with zero attached hydrogens (tertiary/aromatic N) is 1. The number of hydrogen-bond donors (Lipinski definition) is 2. The van der Waals surface area contributed by atoms with E-state index in [1.54, 1.807) is 6.92 Å². The van der Waals surface area contributed by atoms with Gasteiger partial charge in [0.05, 0.1) is 10.6 Å². The van der Waals surface area contributed by atoms with Gasteiger partial charge >= 0.3 is 11.7 Å². The minimum atomic E-state index is -1.27. The fraction of sp³-hybridized carbons (Fsp3) is 0.333. The predicted molar refractivity (Wildman–Crippen MR) is 69.7 cm³/mol. The number of anilines is 1. The van der Waals surface area contributed by atoms with E-state index in [2.05, 4.69) is 5.32 Å². The van der Waals surface area contributed by atoms with Gasteiger partial charge in [0.1, 0.15) is 5.75 Å². The first-order valence-corrected chi connectivity index (χ1v) is 5.91. The van der Waals surface area contributed by atoms with Crippen LogP contribution in [0.15, 0.2) is 12.1 Å². The van der Waals surface area contributed by atoms with Gasteiger partial charge in [0, 0.05) is 19.1 Å². The number of carboxylic acid groups (broad SMARTS) is 1. The third kappa shape index (κ3) is 4.13. The smallest absolute Gasteiger partial charge is 0.344 e. The summed E-state index contributed by atoms with van der Waals surface area (Å²) in [6.07, 6.45) is -1.17. The minimum absolute atomic E-state index is 0.0907. The standard InChI is InChI=1S/C12H13FN2O6/c1-3-10(12(17)18)21-11-4-7(13)9(15(19)20)5-8(11)14-6(2)16/h4-5,10H,3H2,1-2H3,(H,14,16)(H,17,18). The zero-order valence-corrected chi connectivity index (χ0v) is 11.3. The summed E-state index contributed by atoms with van der Waals surface area (Å²) < 4.78 is 18.7. The van der Waals surface area contributed by atoms with Crippen LogP contribution in [-0.4, -0.2) is 28.0 Å². The van der Waals surface area contributed by atoms with Gasteiger partial charge in [-0.3, -0.25) is 14.9 Å². The number of halogens is 1. The van der Waals surface area contributed by atoms with Crippen molar-refractivity contribution in [2.24, 2.45) is 0 Å². The molecule has 0 bridgehead atoms. The second-order valence-corrected chi connectivity index (χ2v) is 4.09. The van der Waals surface area contributed by atoms with Gasteiger partial charge in [0.2, 0.25) is 11.7 Å². The Morgan fingerprint density at radius 2 is 2.14 bits per heavy atom. The zero-order chi connectivity index (χ0) is 16.2. The highest BCUT2D eigenvalue weighted by atomic mass is 19.1. The highest BCUT2D eigenvalue weighted by Gasteiger charge is 2.24. The second-order valence-electron chi connectivity index (χ2n) is 4.09. The quantitative estimate of drug-likeness (QED) is 0.612. The van der Waals surface area contributed by atoms with Crippen LogP contribution in [0.4, 0.5) is 15.8 Å². The van der Waals surface area contributed by atoms with Gasteiger partial charge in [0.15, 0.2) is 6.10 Å². The summed E-state index contributed by atoms with van der Waals surface area (Å²) >= 11 is 0. The minimum Gasteiger partial charge on any atom is -0.479 e. The van der Waals surface area contributed by atoms with Gasteiger partial charge in [0.25, 0.3) is 0 Å². The fourth-order valence-electron chi connectivity index (χ4n) is 1.53. The molecule has 1 rings (SSSR count). The van der Waals surface area contributed by atoms with Crippen LogP contribution in [-0.2, 0) is 9.59 Å². The molecular formula is C12H13FN2O6. The monoisotopic (exact) mass is 300 g/mol. The molecule has 1 unspecified atom stereocenters. The lowest BCUT2D eigenvalue weighted by atomic mass is 10.2. The predicted octanol–water partition coefficient (Wildman–Crippen LogP) is 1.93. The number of benzene rings is 1. The van der Waals surface area contributed by atoms with Crippen LogP contribution in [0.1, 0.15) is 20.3 Å². The summed E-state index contributed by atoms with van der Waals surface area (Å²) in [5.41, 5.74) is -1.02. The molecule has 21 heavy (non-hydrogen) atoms. The largest absolute Gasteiger partial charge is 0.479 e. The third-order valence-electron chi connectivity index (χ3n) is 2.47. The molecule has 0 saturated heterocycles. The maximum Gasteiger partial charge on any atom is 0.344 e. The number of carboxylic acids is 1. The van der Waals surface area contributed by atoms with Crippen molar-refractivity contribution in [2.45, 2.75) is 26.4 Å². The molecule has 9 heteroatoms. The van der Waals surface area contributed by atoms with Gasteiger partial charge in [-0.2, -0.15) is 4.39 Å². The van der Waals surface area contributed by atoms with Crippen LogP contribution in [0, 0.1) is 15.9 Å². The van der Waals surface area contributed by atoms with Crippen LogP contribution in [0.3, 0.4) is 0 Å². The van der Waals surface area contributed by atoms with Gasteiger partial charge in [-0.05, 0) is 6.42 Å². The summed E-state index contributed by atoms with van der Waals surface area (Å²) in [6.45, 7) is 2.69.